The second-order valence-corrected chi connectivity index (χ2v) is 24.9. The van der Waals surface area contributed by atoms with E-state index in [1.807, 2.05) is 27.2 Å². The van der Waals surface area contributed by atoms with Crippen LogP contribution >= 0.6 is 7.82 Å². The maximum absolute atomic E-state index is 13.0. The van der Waals surface area contributed by atoms with E-state index in [1.54, 1.807) is 6.08 Å². The molecule has 0 aliphatic carbocycles. The zero-order valence-corrected chi connectivity index (χ0v) is 54.6. The van der Waals surface area contributed by atoms with Crippen LogP contribution in [0.4, 0.5) is 0 Å². The highest BCUT2D eigenvalue weighted by atomic mass is 31.2. The van der Waals surface area contributed by atoms with Crippen LogP contribution < -0.4 is 5.32 Å². The largest absolute Gasteiger partial charge is 0.472 e. The van der Waals surface area contributed by atoms with Gasteiger partial charge in [0.05, 0.1) is 39.9 Å². The molecule has 82 heavy (non-hydrogen) atoms. The van der Waals surface area contributed by atoms with E-state index in [2.05, 4.69) is 141 Å². The summed E-state index contributed by atoms with van der Waals surface area (Å²) < 4.78 is 23.7. The predicted octanol–water partition coefficient (Wildman–Crippen LogP) is 21.4. The minimum atomic E-state index is -4.38. The zero-order valence-electron chi connectivity index (χ0n) is 53.7. The van der Waals surface area contributed by atoms with Gasteiger partial charge in [-0.3, -0.25) is 13.8 Å². The van der Waals surface area contributed by atoms with Gasteiger partial charge in [0.25, 0.3) is 0 Å². The van der Waals surface area contributed by atoms with Gasteiger partial charge < -0.3 is 19.8 Å². The second kappa shape index (κ2) is 62.2. The summed E-state index contributed by atoms with van der Waals surface area (Å²) in [4.78, 5) is 23.4. The van der Waals surface area contributed by atoms with Crippen LogP contribution in [0.25, 0.3) is 0 Å². The van der Waals surface area contributed by atoms with E-state index in [-0.39, 0.29) is 19.1 Å². The first-order chi connectivity index (χ1) is 40.0. The molecular weight excluding hydrogens is 1030 g/mol. The van der Waals surface area contributed by atoms with E-state index >= 15 is 0 Å². The summed E-state index contributed by atoms with van der Waals surface area (Å²) in [5.74, 6) is -0.222. The normalized spacial score (nSPS) is 14.6. The van der Waals surface area contributed by atoms with Crippen LogP contribution in [-0.2, 0) is 18.4 Å². The number of carbonyl (C=O) groups is 1. The van der Waals surface area contributed by atoms with Gasteiger partial charge in [0.1, 0.15) is 13.2 Å². The molecule has 3 unspecified atom stereocenters. The fourth-order valence-corrected chi connectivity index (χ4v) is 9.91. The van der Waals surface area contributed by atoms with Crippen molar-refractivity contribution in [1.82, 2.24) is 5.32 Å². The molecule has 0 radical (unpaired) electrons. The lowest BCUT2D eigenvalue weighted by atomic mass is 10.0. The number of rotatable bonds is 60. The van der Waals surface area contributed by atoms with Crippen LogP contribution in [0.1, 0.15) is 271 Å². The van der Waals surface area contributed by atoms with Crippen molar-refractivity contribution in [1.29, 1.82) is 0 Å². The molecule has 0 aliphatic rings. The van der Waals surface area contributed by atoms with Crippen molar-refractivity contribution in [2.24, 2.45) is 0 Å². The number of carbonyl (C=O) groups excluding carboxylic acids is 1. The number of nitrogens with one attached hydrogen (secondary N) is 1. The topological polar surface area (TPSA) is 105 Å². The number of quaternary nitrogens is 1. The van der Waals surface area contributed by atoms with Crippen LogP contribution in [0.5, 0.6) is 0 Å². The number of hydrogen-bond donors (Lipinski definition) is 3. The summed E-state index contributed by atoms with van der Waals surface area (Å²) in [6.45, 7) is 4.66. The highest BCUT2D eigenvalue weighted by molar-refractivity contribution is 7.47. The van der Waals surface area contributed by atoms with Gasteiger partial charge in [-0.1, -0.05) is 295 Å². The van der Waals surface area contributed by atoms with Gasteiger partial charge in [0.2, 0.25) is 5.91 Å². The quantitative estimate of drug-likeness (QED) is 0.0243. The molecule has 0 aromatic rings. The van der Waals surface area contributed by atoms with Gasteiger partial charge in [0, 0.05) is 6.42 Å². The number of phosphoric ester groups is 1. The minimum absolute atomic E-state index is 0.0419. The molecule has 3 N–H and O–H groups in total. The monoisotopic (exact) mass is 1160 g/mol. The third-order valence-corrected chi connectivity index (χ3v) is 15.3. The maximum Gasteiger partial charge on any atom is 0.472 e. The lowest BCUT2D eigenvalue weighted by Crippen LogP contribution is -2.45. The van der Waals surface area contributed by atoms with Crippen molar-refractivity contribution < 1.29 is 32.9 Å². The fourth-order valence-electron chi connectivity index (χ4n) is 9.17. The standard InChI is InChI=1S/C73H127N2O6P/c1-6-8-10-12-14-16-18-20-22-24-26-28-30-32-34-36-37-39-41-43-45-47-49-51-53-55-57-59-61-63-65-67-73(77)74-71(70-81-82(78,79)80-69-68-75(3,4)5)72(76)66-64-62-60-58-56-54-52-50-48-46-44-42-40-38-35-33-31-29-27-25-23-21-19-17-15-13-11-9-7-2/h8,10,14,16,20,22,26,28,32,34,37,39,43,45,49,51,55-58,64,66,71-72,76H,6-7,9,11-13,15,17-19,21,23-25,27,29-31,33,35-36,38,40-42,44,46-48,50,52-54,59-63,65,67-70H2,1-5H3,(H-,74,77,78,79)/p+1/b10-8-,16-14-,22-20-,28-26-,34-32-,39-37-,45-43-,51-49-,57-55-,58-56+,66-64+. The molecule has 8 nitrogen and oxygen atoms in total. The van der Waals surface area contributed by atoms with Gasteiger partial charge >= 0.3 is 7.82 Å². The van der Waals surface area contributed by atoms with Crippen LogP contribution in [-0.4, -0.2) is 73.4 Å². The number of unbranched alkanes of at least 4 members (excludes halogenated alkanes) is 27. The Labute approximate surface area is 506 Å². The zero-order chi connectivity index (χ0) is 59.8. The molecule has 0 heterocycles. The highest BCUT2D eigenvalue weighted by Gasteiger charge is 2.27. The predicted molar refractivity (Wildman–Crippen MR) is 359 cm³/mol. The van der Waals surface area contributed by atoms with Gasteiger partial charge in [-0.05, 0) is 103 Å². The molecule has 1 amide bonds. The Morgan fingerprint density at radius 1 is 0.427 bits per heavy atom. The van der Waals surface area contributed by atoms with Gasteiger partial charge in [-0.15, -0.1) is 0 Å². The molecular formula is C73H128N2O6P+. The Morgan fingerprint density at radius 3 is 1.12 bits per heavy atom. The van der Waals surface area contributed by atoms with E-state index in [9.17, 15) is 19.4 Å². The molecule has 0 fully saturated rings. The Hall–Kier alpha value is -3.36. The third kappa shape index (κ3) is 64.2. The molecule has 0 aromatic heterocycles. The van der Waals surface area contributed by atoms with Crippen LogP contribution in [0.15, 0.2) is 134 Å². The molecule has 0 spiro atoms. The van der Waals surface area contributed by atoms with Gasteiger partial charge in [0.15, 0.2) is 0 Å². The SMILES string of the molecule is CC/C=C\C/C=C\C/C=C\C/C=C\C/C=C\C/C=C\C/C=C\C/C=C\C/C=C\CCCCCC(=O)NC(COP(=O)(O)OCC[N+](C)(C)C)C(O)/C=C/CC/C=C/CCCCCCCCCCCCCCCCCCCCCCCCC. The summed E-state index contributed by atoms with van der Waals surface area (Å²) in [6.07, 6.45) is 94.5. The number of aliphatic hydroxyl groups excluding tert-OH is 1. The average molecular weight is 1160 g/mol. The number of amides is 1. The molecule has 0 aromatic carbocycles. The maximum atomic E-state index is 13.0. The van der Waals surface area contributed by atoms with Crippen molar-refractivity contribution in [3.63, 3.8) is 0 Å². The molecule has 470 valence electrons. The Bertz CT molecular complexity index is 1800. The fraction of sp³-hybridized carbons (Fsp3) is 0.685. The van der Waals surface area contributed by atoms with Crippen molar-refractivity contribution in [3.8, 4) is 0 Å². The highest BCUT2D eigenvalue weighted by Crippen LogP contribution is 2.43. The number of nitrogens with zero attached hydrogens (tertiary/aromatic N) is 1. The van der Waals surface area contributed by atoms with Gasteiger partial charge in [-0.25, -0.2) is 4.57 Å². The third-order valence-electron chi connectivity index (χ3n) is 14.4. The summed E-state index contributed by atoms with van der Waals surface area (Å²) >= 11 is 0. The molecule has 9 heteroatoms. The first kappa shape index (κ1) is 78.6. The Morgan fingerprint density at radius 2 is 0.744 bits per heavy atom. The number of likely N-dealkylation sites (N-methyl/N-ethyl adjacent to an activating group) is 1. The van der Waals surface area contributed by atoms with E-state index in [0.29, 0.717) is 23.9 Å². The van der Waals surface area contributed by atoms with E-state index in [4.69, 9.17) is 9.05 Å². The Balaban J connectivity index is 4.28. The summed E-state index contributed by atoms with van der Waals surface area (Å²) in [7, 11) is 1.52. The van der Waals surface area contributed by atoms with Crippen molar-refractivity contribution in [2.45, 2.75) is 283 Å². The number of allylic oxidation sites excluding steroid dienone is 21. The molecule has 3 atom stereocenters. The first-order valence-corrected chi connectivity index (χ1v) is 35.1. The molecule has 0 aliphatic heterocycles. The lowest BCUT2D eigenvalue weighted by Gasteiger charge is -2.25. The van der Waals surface area contributed by atoms with Gasteiger partial charge in [-0.2, -0.15) is 0 Å². The van der Waals surface area contributed by atoms with Crippen LogP contribution in [0.2, 0.25) is 0 Å². The number of aliphatic hydroxyl groups is 1. The first-order valence-electron chi connectivity index (χ1n) is 33.6. The van der Waals surface area contributed by atoms with Crippen molar-refractivity contribution in [2.75, 3.05) is 40.9 Å². The summed E-state index contributed by atoms with van der Waals surface area (Å²) in [5, 5.41) is 13.9. The smallest absolute Gasteiger partial charge is 0.387 e. The van der Waals surface area contributed by atoms with E-state index in [0.717, 1.165) is 96.3 Å². The van der Waals surface area contributed by atoms with Crippen LogP contribution in [0, 0.1) is 0 Å². The Kier molecular flexibility index (Phi) is 59.6. The molecule has 0 bridgehead atoms. The average Bonchev–Trinajstić information content (AvgIpc) is 3.47. The number of phosphoric acid groups is 1. The van der Waals surface area contributed by atoms with E-state index < -0.39 is 20.0 Å². The van der Waals surface area contributed by atoms with Crippen molar-refractivity contribution >= 4 is 13.7 Å². The van der Waals surface area contributed by atoms with Crippen molar-refractivity contribution in [3.05, 3.63) is 134 Å². The summed E-state index contributed by atoms with van der Waals surface area (Å²) in [5.41, 5.74) is 0. The molecule has 0 rings (SSSR count). The second-order valence-electron chi connectivity index (χ2n) is 23.5. The minimum Gasteiger partial charge on any atom is -0.387 e. The molecule has 0 saturated carbocycles. The summed E-state index contributed by atoms with van der Waals surface area (Å²) in [6, 6.07) is -0.894. The molecule has 0 saturated heterocycles. The van der Waals surface area contributed by atoms with Crippen LogP contribution in [0.3, 0.4) is 0 Å². The number of hydrogen-bond acceptors (Lipinski definition) is 5. The van der Waals surface area contributed by atoms with E-state index in [1.165, 1.54) is 148 Å². The lowest BCUT2D eigenvalue weighted by molar-refractivity contribution is -0.870.